The number of hydrogen-bond acceptors (Lipinski definition) is 2. The predicted octanol–water partition coefficient (Wildman–Crippen LogP) is 2.98. The van der Waals surface area contributed by atoms with Crippen LogP contribution in [-0.4, -0.2) is 17.8 Å². The van der Waals surface area contributed by atoms with Crippen molar-refractivity contribution in [3.05, 3.63) is 35.1 Å². The molecule has 1 aromatic carbocycles. The highest BCUT2D eigenvalue weighted by molar-refractivity contribution is 5.24. The molecule has 1 aromatic rings. The van der Waals surface area contributed by atoms with Crippen molar-refractivity contribution in [2.24, 2.45) is 0 Å². The lowest BCUT2D eigenvalue weighted by molar-refractivity contribution is 0.0465. The Hall–Kier alpha value is -0.930. The fraction of sp³-hybridized carbons (Fsp3) is 0.538. The Kier molecular flexibility index (Phi) is 4.90. The Morgan fingerprint density at radius 3 is 2.62 bits per heavy atom. The first-order valence-corrected chi connectivity index (χ1v) is 5.56. The highest BCUT2D eigenvalue weighted by atomic mass is 19.1. The summed E-state index contributed by atoms with van der Waals surface area (Å²) >= 11 is 0. The Bertz CT molecular complexity index is 337. The van der Waals surface area contributed by atoms with Crippen molar-refractivity contribution in [2.45, 2.75) is 39.4 Å². The molecule has 0 fully saturated rings. The molecule has 0 heterocycles. The van der Waals surface area contributed by atoms with Crippen LogP contribution in [-0.2, 0) is 4.74 Å². The van der Waals surface area contributed by atoms with Gasteiger partial charge in [0.15, 0.2) is 0 Å². The molecule has 1 atom stereocenters. The predicted molar refractivity (Wildman–Crippen MR) is 61.8 cm³/mol. The molecule has 0 saturated heterocycles. The lowest BCUT2D eigenvalue weighted by Crippen LogP contribution is -2.08. The van der Waals surface area contributed by atoms with Crippen LogP contribution in [0.1, 0.15) is 37.5 Å². The Labute approximate surface area is 96.1 Å². The Balaban J connectivity index is 2.52. The minimum Gasteiger partial charge on any atom is -0.388 e. The summed E-state index contributed by atoms with van der Waals surface area (Å²) in [6.45, 7) is 6.07. The summed E-state index contributed by atoms with van der Waals surface area (Å²) in [4.78, 5) is 0. The molecule has 0 aromatic heterocycles. The topological polar surface area (TPSA) is 29.5 Å². The zero-order valence-corrected chi connectivity index (χ0v) is 10.0. The van der Waals surface area contributed by atoms with Gasteiger partial charge in [-0.25, -0.2) is 4.39 Å². The van der Waals surface area contributed by atoms with Crippen molar-refractivity contribution >= 4 is 0 Å². The van der Waals surface area contributed by atoms with E-state index >= 15 is 0 Å². The van der Waals surface area contributed by atoms with Gasteiger partial charge in [0.25, 0.3) is 0 Å². The van der Waals surface area contributed by atoms with Gasteiger partial charge in [-0.2, -0.15) is 0 Å². The van der Waals surface area contributed by atoms with Crippen LogP contribution in [0.15, 0.2) is 18.2 Å². The van der Waals surface area contributed by atoms with Gasteiger partial charge in [0.2, 0.25) is 0 Å². The van der Waals surface area contributed by atoms with Crippen molar-refractivity contribution in [3.63, 3.8) is 0 Å². The Morgan fingerprint density at radius 1 is 1.38 bits per heavy atom. The summed E-state index contributed by atoms with van der Waals surface area (Å²) in [6, 6.07) is 4.81. The molecule has 0 radical (unpaired) electrons. The number of rotatable bonds is 5. The third kappa shape index (κ3) is 3.91. The van der Waals surface area contributed by atoms with Gasteiger partial charge in [-0.1, -0.05) is 12.1 Å². The molecular formula is C13H19FO2. The van der Waals surface area contributed by atoms with E-state index in [4.69, 9.17) is 4.74 Å². The maximum absolute atomic E-state index is 13.2. The van der Waals surface area contributed by atoms with Gasteiger partial charge in [-0.15, -0.1) is 0 Å². The van der Waals surface area contributed by atoms with E-state index in [2.05, 4.69) is 0 Å². The molecule has 16 heavy (non-hydrogen) atoms. The lowest BCUT2D eigenvalue weighted by Gasteiger charge is -2.13. The molecule has 2 nitrogen and oxygen atoms in total. The second-order valence-corrected chi connectivity index (χ2v) is 4.23. The monoisotopic (exact) mass is 226 g/mol. The molecule has 1 rings (SSSR count). The summed E-state index contributed by atoms with van der Waals surface area (Å²) in [5.74, 6) is -0.277. The first-order valence-electron chi connectivity index (χ1n) is 5.56. The quantitative estimate of drug-likeness (QED) is 0.836. The number of benzene rings is 1. The second kappa shape index (κ2) is 5.97. The third-order valence-electron chi connectivity index (χ3n) is 2.42. The standard InChI is InChI=1S/C13H19FO2/c1-9(2)16-7-6-13(15)11-5-4-10(3)12(14)8-11/h4-5,8-9,13,15H,6-7H2,1-3H3. The SMILES string of the molecule is Cc1ccc(C(O)CCOC(C)C)cc1F. The van der Waals surface area contributed by atoms with Crippen LogP contribution in [0.25, 0.3) is 0 Å². The van der Waals surface area contributed by atoms with E-state index in [9.17, 15) is 9.50 Å². The molecule has 1 N–H and O–H groups in total. The number of aryl methyl sites for hydroxylation is 1. The van der Waals surface area contributed by atoms with E-state index in [0.717, 1.165) is 0 Å². The molecule has 0 aliphatic carbocycles. The number of aliphatic hydroxyl groups is 1. The molecule has 0 spiro atoms. The van der Waals surface area contributed by atoms with Crippen molar-refractivity contribution in [3.8, 4) is 0 Å². The molecule has 0 bridgehead atoms. The molecular weight excluding hydrogens is 207 g/mol. The van der Waals surface area contributed by atoms with Crippen LogP contribution in [0.4, 0.5) is 4.39 Å². The van der Waals surface area contributed by atoms with Gasteiger partial charge in [-0.3, -0.25) is 0 Å². The molecule has 0 saturated carbocycles. The normalized spacial score (nSPS) is 13.1. The summed E-state index contributed by atoms with van der Waals surface area (Å²) in [5.41, 5.74) is 1.20. The van der Waals surface area contributed by atoms with Gasteiger partial charge in [0.1, 0.15) is 5.82 Å². The highest BCUT2D eigenvalue weighted by Crippen LogP contribution is 2.19. The second-order valence-electron chi connectivity index (χ2n) is 4.23. The van der Waals surface area contributed by atoms with Gasteiger partial charge in [-0.05, 0) is 38.0 Å². The van der Waals surface area contributed by atoms with Crippen molar-refractivity contribution in [2.75, 3.05) is 6.61 Å². The average molecular weight is 226 g/mol. The van der Waals surface area contributed by atoms with E-state index in [-0.39, 0.29) is 11.9 Å². The summed E-state index contributed by atoms with van der Waals surface area (Å²) < 4.78 is 18.6. The molecule has 0 amide bonds. The smallest absolute Gasteiger partial charge is 0.126 e. The summed E-state index contributed by atoms with van der Waals surface area (Å²) in [5, 5.41) is 9.80. The van der Waals surface area contributed by atoms with Crippen molar-refractivity contribution in [1.29, 1.82) is 0 Å². The van der Waals surface area contributed by atoms with Crippen molar-refractivity contribution < 1.29 is 14.2 Å². The minimum absolute atomic E-state index is 0.155. The zero-order valence-electron chi connectivity index (χ0n) is 10.0. The molecule has 3 heteroatoms. The number of aliphatic hydroxyl groups excluding tert-OH is 1. The maximum Gasteiger partial charge on any atom is 0.126 e. The average Bonchev–Trinajstić information content (AvgIpc) is 2.21. The van der Waals surface area contributed by atoms with Gasteiger partial charge >= 0.3 is 0 Å². The van der Waals surface area contributed by atoms with Gasteiger partial charge in [0, 0.05) is 13.0 Å². The molecule has 0 aliphatic rings. The zero-order chi connectivity index (χ0) is 12.1. The Morgan fingerprint density at radius 2 is 2.06 bits per heavy atom. The van der Waals surface area contributed by atoms with Gasteiger partial charge in [0.05, 0.1) is 12.2 Å². The van der Waals surface area contributed by atoms with Gasteiger partial charge < -0.3 is 9.84 Å². The van der Waals surface area contributed by atoms with E-state index in [1.54, 1.807) is 19.1 Å². The molecule has 1 unspecified atom stereocenters. The third-order valence-corrected chi connectivity index (χ3v) is 2.42. The van der Waals surface area contributed by atoms with E-state index in [0.29, 0.717) is 24.2 Å². The largest absolute Gasteiger partial charge is 0.388 e. The summed E-state index contributed by atoms with van der Waals surface area (Å²) in [7, 11) is 0. The minimum atomic E-state index is -0.658. The van der Waals surface area contributed by atoms with Crippen LogP contribution in [0.3, 0.4) is 0 Å². The fourth-order valence-electron chi connectivity index (χ4n) is 1.40. The maximum atomic E-state index is 13.2. The van der Waals surface area contributed by atoms with Crippen LogP contribution in [0.5, 0.6) is 0 Å². The lowest BCUT2D eigenvalue weighted by atomic mass is 10.0. The van der Waals surface area contributed by atoms with Crippen LogP contribution < -0.4 is 0 Å². The fourth-order valence-corrected chi connectivity index (χ4v) is 1.40. The van der Waals surface area contributed by atoms with Crippen molar-refractivity contribution in [1.82, 2.24) is 0 Å². The summed E-state index contributed by atoms with van der Waals surface area (Å²) in [6.07, 6.45) is -0.0171. The van der Waals surface area contributed by atoms with E-state index < -0.39 is 6.10 Å². The van der Waals surface area contributed by atoms with Crippen LogP contribution in [0, 0.1) is 12.7 Å². The van der Waals surface area contributed by atoms with Crippen LogP contribution in [0.2, 0.25) is 0 Å². The van der Waals surface area contributed by atoms with Crippen LogP contribution >= 0.6 is 0 Å². The van der Waals surface area contributed by atoms with E-state index in [1.807, 2.05) is 13.8 Å². The number of hydrogen-bond donors (Lipinski definition) is 1. The molecule has 0 aliphatic heterocycles. The first kappa shape index (κ1) is 13.1. The number of halogens is 1. The highest BCUT2D eigenvalue weighted by Gasteiger charge is 2.09. The first-order chi connectivity index (χ1) is 7.50. The van der Waals surface area contributed by atoms with E-state index in [1.165, 1.54) is 6.07 Å². The molecule has 90 valence electrons. The number of ether oxygens (including phenoxy) is 1.